The number of benzene rings is 2. The van der Waals surface area contributed by atoms with E-state index in [0.717, 1.165) is 22.6 Å². The Kier molecular flexibility index (Phi) is 4.36. The Morgan fingerprint density at radius 3 is 2.92 bits per heavy atom. The Bertz CT molecular complexity index is 875. The zero-order valence-electron chi connectivity index (χ0n) is 13.9. The van der Waals surface area contributed by atoms with Gasteiger partial charge in [-0.05, 0) is 36.6 Å². The van der Waals surface area contributed by atoms with E-state index < -0.39 is 0 Å². The molecule has 0 radical (unpaired) electrons. The van der Waals surface area contributed by atoms with Gasteiger partial charge in [-0.2, -0.15) is 0 Å². The summed E-state index contributed by atoms with van der Waals surface area (Å²) in [4.78, 5) is 19.9. The predicted molar refractivity (Wildman–Crippen MR) is 98.8 cm³/mol. The topological polar surface area (TPSA) is 67.0 Å². The molecule has 1 aromatic heterocycles. The van der Waals surface area contributed by atoms with Gasteiger partial charge in [0.2, 0.25) is 0 Å². The number of nitrogens with one attached hydrogen (secondary N) is 2. The fourth-order valence-electron chi connectivity index (χ4n) is 3.26. The van der Waals surface area contributed by atoms with E-state index in [-0.39, 0.29) is 17.4 Å². The van der Waals surface area contributed by atoms with Gasteiger partial charge in [0, 0.05) is 0 Å². The lowest BCUT2D eigenvalue weighted by Crippen LogP contribution is -2.37. The van der Waals surface area contributed by atoms with Crippen LogP contribution in [-0.2, 0) is 11.2 Å². The van der Waals surface area contributed by atoms with Crippen molar-refractivity contribution in [1.29, 1.82) is 0 Å². The number of hydrogen-bond donors (Lipinski definition) is 2. The van der Waals surface area contributed by atoms with E-state index >= 15 is 0 Å². The monoisotopic (exact) mass is 353 g/mol. The number of imidazole rings is 1. The number of aromatic nitrogens is 2. The zero-order chi connectivity index (χ0) is 17.2. The maximum Gasteiger partial charge on any atom is 0.407 e. The third-order valence-corrected chi connectivity index (χ3v) is 5.60. The van der Waals surface area contributed by atoms with Gasteiger partial charge in [-0.1, -0.05) is 48.2 Å². The lowest BCUT2D eigenvalue weighted by molar-refractivity contribution is 0.148. The quantitative estimate of drug-likeness (QED) is 0.742. The van der Waals surface area contributed by atoms with Crippen molar-refractivity contribution in [2.45, 2.75) is 29.8 Å². The van der Waals surface area contributed by atoms with Gasteiger partial charge in [-0.3, -0.25) is 0 Å². The Morgan fingerprint density at radius 2 is 2.08 bits per heavy atom. The first-order chi connectivity index (χ1) is 12.2. The molecule has 3 aromatic rings. The van der Waals surface area contributed by atoms with Crippen LogP contribution in [0.5, 0.6) is 0 Å². The van der Waals surface area contributed by atoms with Crippen LogP contribution in [0.2, 0.25) is 0 Å². The van der Waals surface area contributed by atoms with Crippen LogP contribution >= 0.6 is 11.8 Å². The Hall–Kier alpha value is -2.47. The fourth-order valence-corrected chi connectivity index (χ4v) is 4.51. The Labute approximate surface area is 150 Å². The minimum absolute atomic E-state index is 0.0188. The normalized spacial score (nSPS) is 18.9. The van der Waals surface area contributed by atoms with E-state index in [1.54, 1.807) is 11.8 Å². The van der Waals surface area contributed by atoms with Gasteiger partial charge in [0.1, 0.15) is 0 Å². The highest BCUT2D eigenvalue weighted by Crippen LogP contribution is 2.44. The summed E-state index contributed by atoms with van der Waals surface area (Å²) in [5, 5.41) is 3.97. The summed E-state index contributed by atoms with van der Waals surface area (Å²) in [5.41, 5.74) is 4.48. The number of nitrogens with zero attached hydrogens (tertiary/aromatic N) is 1. The number of alkyl carbamates (subject to hydrolysis) is 1. The first kappa shape index (κ1) is 16.0. The van der Waals surface area contributed by atoms with Crippen LogP contribution < -0.4 is 5.32 Å². The van der Waals surface area contributed by atoms with E-state index in [1.807, 2.05) is 43.3 Å². The second kappa shape index (κ2) is 6.80. The highest BCUT2D eigenvalue weighted by atomic mass is 32.2. The van der Waals surface area contributed by atoms with Crippen LogP contribution in [0.25, 0.3) is 11.0 Å². The molecular weight excluding hydrogens is 334 g/mol. The van der Waals surface area contributed by atoms with Gasteiger partial charge in [0.05, 0.1) is 28.9 Å². The fraction of sp³-hybridized carbons (Fsp3) is 0.263. The summed E-state index contributed by atoms with van der Waals surface area (Å²) in [6.07, 6.45) is 0.433. The van der Waals surface area contributed by atoms with E-state index in [0.29, 0.717) is 6.61 Å². The first-order valence-corrected chi connectivity index (χ1v) is 9.25. The molecule has 0 fully saturated rings. The number of hydrogen-bond acceptors (Lipinski definition) is 4. The molecule has 1 heterocycles. The SMILES string of the molecule is CCOC(=O)N[C@H]1Cc2ccccc2[C@@H]1Sc1nc2ccccc2[nH]1. The van der Waals surface area contributed by atoms with Gasteiger partial charge in [-0.15, -0.1) is 0 Å². The maximum atomic E-state index is 11.9. The van der Waals surface area contributed by atoms with Gasteiger partial charge < -0.3 is 15.0 Å². The summed E-state index contributed by atoms with van der Waals surface area (Å²) in [5.74, 6) is 0. The second-order valence-electron chi connectivity index (χ2n) is 5.97. The second-order valence-corrected chi connectivity index (χ2v) is 7.10. The highest BCUT2D eigenvalue weighted by Gasteiger charge is 2.35. The summed E-state index contributed by atoms with van der Waals surface area (Å²) in [7, 11) is 0. The molecule has 1 aliphatic rings. The van der Waals surface area contributed by atoms with Crippen LogP contribution in [0.4, 0.5) is 4.79 Å². The standard InChI is InChI=1S/C19H19N3O2S/c1-2-24-19(23)22-16-11-12-7-3-4-8-13(12)17(16)25-18-20-14-9-5-6-10-15(14)21-18/h3-10,16-17H,2,11H2,1H3,(H,20,21)(H,22,23)/t16-,17-/m0/s1. The van der Waals surface area contributed by atoms with Crippen molar-refractivity contribution in [3.8, 4) is 0 Å². The average Bonchev–Trinajstić information content (AvgIpc) is 3.17. The van der Waals surface area contributed by atoms with Crippen molar-refractivity contribution >= 4 is 28.9 Å². The van der Waals surface area contributed by atoms with Crippen LogP contribution in [0.1, 0.15) is 23.3 Å². The molecule has 4 rings (SSSR count). The minimum Gasteiger partial charge on any atom is -0.450 e. The van der Waals surface area contributed by atoms with Crippen LogP contribution in [0.3, 0.4) is 0 Å². The zero-order valence-corrected chi connectivity index (χ0v) is 14.7. The van der Waals surface area contributed by atoms with Crippen LogP contribution in [0.15, 0.2) is 53.7 Å². The molecule has 0 aliphatic heterocycles. The number of carbonyl (C=O) groups excluding carboxylic acids is 1. The van der Waals surface area contributed by atoms with Crippen molar-refractivity contribution in [3.05, 3.63) is 59.7 Å². The molecule has 0 spiro atoms. The van der Waals surface area contributed by atoms with E-state index in [1.165, 1.54) is 11.1 Å². The third-order valence-electron chi connectivity index (χ3n) is 4.35. The molecule has 0 unspecified atom stereocenters. The number of ether oxygens (including phenoxy) is 1. The summed E-state index contributed by atoms with van der Waals surface area (Å²) >= 11 is 1.65. The van der Waals surface area contributed by atoms with Crippen molar-refractivity contribution in [2.24, 2.45) is 0 Å². The molecule has 25 heavy (non-hydrogen) atoms. The van der Waals surface area contributed by atoms with E-state index in [2.05, 4.69) is 27.4 Å². The predicted octanol–water partition coefficient (Wildman–Crippen LogP) is 4.07. The molecule has 2 atom stereocenters. The van der Waals surface area contributed by atoms with Crippen LogP contribution in [0, 0.1) is 0 Å². The Balaban J connectivity index is 1.61. The summed E-state index contributed by atoms with van der Waals surface area (Å²) < 4.78 is 5.07. The smallest absolute Gasteiger partial charge is 0.407 e. The molecule has 2 aromatic carbocycles. The Morgan fingerprint density at radius 1 is 1.28 bits per heavy atom. The number of amides is 1. The van der Waals surface area contributed by atoms with Crippen molar-refractivity contribution in [1.82, 2.24) is 15.3 Å². The van der Waals surface area contributed by atoms with Crippen molar-refractivity contribution in [2.75, 3.05) is 6.61 Å². The third kappa shape index (κ3) is 3.22. The summed E-state index contributed by atoms with van der Waals surface area (Å²) in [6, 6.07) is 16.3. The number of fused-ring (bicyclic) bond motifs is 2. The lowest BCUT2D eigenvalue weighted by atomic mass is 10.1. The number of aromatic amines is 1. The average molecular weight is 353 g/mol. The molecule has 2 N–H and O–H groups in total. The number of para-hydroxylation sites is 2. The van der Waals surface area contributed by atoms with Gasteiger partial charge >= 0.3 is 6.09 Å². The lowest BCUT2D eigenvalue weighted by Gasteiger charge is -2.20. The van der Waals surface area contributed by atoms with Crippen molar-refractivity contribution in [3.63, 3.8) is 0 Å². The number of thioether (sulfide) groups is 1. The summed E-state index contributed by atoms with van der Waals surface area (Å²) in [6.45, 7) is 2.18. The maximum absolute atomic E-state index is 11.9. The molecule has 1 amide bonds. The largest absolute Gasteiger partial charge is 0.450 e. The van der Waals surface area contributed by atoms with Crippen molar-refractivity contribution < 1.29 is 9.53 Å². The van der Waals surface area contributed by atoms with Gasteiger partial charge in [0.25, 0.3) is 0 Å². The van der Waals surface area contributed by atoms with E-state index in [9.17, 15) is 4.79 Å². The number of H-pyrrole nitrogens is 1. The van der Waals surface area contributed by atoms with E-state index in [4.69, 9.17) is 4.74 Å². The minimum atomic E-state index is -0.365. The van der Waals surface area contributed by atoms with Gasteiger partial charge in [-0.25, -0.2) is 9.78 Å². The number of carbonyl (C=O) groups is 1. The highest BCUT2D eigenvalue weighted by molar-refractivity contribution is 7.99. The molecule has 5 nitrogen and oxygen atoms in total. The molecule has 0 bridgehead atoms. The molecule has 0 saturated heterocycles. The first-order valence-electron chi connectivity index (χ1n) is 8.37. The molecule has 0 saturated carbocycles. The van der Waals surface area contributed by atoms with Gasteiger partial charge in [0.15, 0.2) is 5.16 Å². The van der Waals surface area contributed by atoms with Crippen LogP contribution in [-0.4, -0.2) is 28.7 Å². The molecular formula is C19H19N3O2S. The number of rotatable bonds is 4. The molecule has 1 aliphatic carbocycles. The molecule has 6 heteroatoms. The molecule has 128 valence electrons.